The Hall–Kier alpha value is -2.81. The number of nitrogens with one attached hydrogen (secondary N) is 2. The molecule has 9 heteroatoms. The lowest BCUT2D eigenvalue weighted by Crippen LogP contribution is -2.53. The van der Waals surface area contributed by atoms with Gasteiger partial charge in [0.05, 0.1) is 0 Å². The Morgan fingerprint density at radius 3 is 2.49 bits per heavy atom. The summed E-state index contributed by atoms with van der Waals surface area (Å²) in [7, 11) is 0. The Morgan fingerprint density at radius 1 is 1.11 bits per heavy atom. The number of anilines is 2. The molecule has 1 aromatic carbocycles. The minimum atomic E-state index is 0.0368. The fourth-order valence-corrected chi connectivity index (χ4v) is 5.82. The molecule has 8 nitrogen and oxygen atoms in total. The highest BCUT2D eigenvalue weighted by Crippen LogP contribution is 2.35. The van der Waals surface area contributed by atoms with Crippen LogP contribution in [0.1, 0.15) is 58.4 Å². The third kappa shape index (κ3) is 5.10. The van der Waals surface area contributed by atoms with Crippen LogP contribution in [0.25, 0.3) is 16.2 Å². The zero-order valence-electron chi connectivity index (χ0n) is 21.1. The largest absolute Gasteiger partial charge is 0.365 e. The van der Waals surface area contributed by atoms with Crippen LogP contribution < -0.4 is 15.5 Å². The molecule has 1 aliphatic carbocycles. The van der Waals surface area contributed by atoms with Gasteiger partial charge in [0.1, 0.15) is 5.69 Å². The van der Waals surface area contributed by atoms with E-state index in [1.807, 2.05) is 16.3 Å². The maximum absolute atomic E-state index is 12.5. The number of benzene rings is 1. The average molecular weight is 496 g/mol. The van der Waals surface area contributed by atoms with E-state index in [0.29, 0.717) is 19.1 Å². The smallest absolute Gasteiger partial charge is 0.317 e. The first kappa shape index (κ1) is 23.9. The van der Waals surface area contributed by atoms with E-state index in [2.05, 4.69) is 53.6 Å². The third-order valence-corrected chi connectivity index (χ3v) is 8.31. The minimum Gasteiger partial charge on any atom is -0.365 e. The van der Waals surface area contributed by atoms with Crippen LogP contribution in [-0.2, 0) is 6.42 Å². The summed E-state index contributed by atoms with van der Waals surface area (Å²) in [6.07, 6.45) is 6.91. The van der Waals surface area contributed by atoms with E-state index in [0.717, 1.165) is 53.1 Å². The predicted molar refractivity (Wildman–Crippen MR) is 144 cm³/mol. The Bertz CT molecular complexity index is 1140. The standard InChI is InChI=1S/C26H37N7OS/c1-4-18(3)27-24(34)31-14-16-32(17-15-31)26-30-33-23(28-21-8-6-7-9-21)22(29-25(33)35-26)20-12-10-19(5-2)11-13-20/h10-13,18,21,28H,4-9,14-17H2,1-3H3,(H,27,34)/t18-/m0/s1. The number of urea groups is 1. The number of fused-ring (bicyclic) bond motifs is 1. The van der Waals surface area contributed by atoms with E-state index in [1.165, 1.54) is 31.2 Å². The van der Waals surface area contributed by atoms with Crippen molar-refractivity contribution in [1.82, 2.24) is 24.8 Å². The van der Waals surface area contributed by atoms with Crippen LogP contribution in [0.4, 0.5) is 15.7 Å². The summed E-state index contributed by atoms with van der Waals surface area (Å²) in [4.78, 5) is 22.6. The van der Waals surface area contributed by atoms with Crippen molar-refractivity contribution in [2.45, 2.75) is 71.4 Å². The van der Waals surface area contributed by atoms with Gasteiger partial charge in [-0.2, -0.15) is 4.52 Å². The van der Waals surface area contributed by atoms with Crippen LogP contribution >= 0.6 is 11.3 Å². The molecule has 0 bridgehead atoms. The Kier molecular flexibility index (Phi) is 7.13. The summed E-state index contributed by atoms with van der Waals surface area (Å²) in [6, 6.07) is 9.45. The Morgan fingerprint density at radius 2 is 1.83 bits per heavy atom. The molecule has 0 spiro atoms. The summed E-state index contributed by atoms with van der Waals surface area (Å²) < 4.78 is 2.00. The monoisotopic (exact) mass is 495 g/mol. The quantitative estimate of drug-likeness (QED) is 0.482. The lowest BCUT2D eigenvalue weighted by Gasteiger charge is -2.34. The van der Waals surface area contributed by atoms with E-state index in [-0.39, 0.29) is 12.1 Å². The maximum Gasteiger partial charge on any atom is 0.317 e. The van der Waals surface area contributed by atoms with Crippen molar-refractivity contribution in [3.8, 4) is 11.3 Å². The summed E-state index contributed by atoms with van der Waals surface area (Å²) in [5.74, 6) is 1.00. The van der Waals surface area contributed by atoms with Gasteiger partial charge in [0.25, 0.3) is 0 Å². The van der Waals surface area contributed by atoms with Crippen molar-refractivity contribution in [2.75, 3.05) is 36.4 Å². The normalized spacial score (nSPS) is 17.8. The van der Waals surface area contributed by atoms with E-state index in [9.17, 15) is 4.79 Å². The molecule has 35 heavy (non-hydrogen) atoms. The summed E-state index contributed by atoms with van der Waals surface area (Å²) in [5, 5.41) is 12.8. The highest BCUT2D eigenvalue weighted by Gasteiger charge is 2.27. The number of aryl methyl sites for hydroxylation is 1. The molecule has 5 rings (SSSR count). The number of nitrogens with zero attached hydrogens (tertiary/aromatic N) is 5. The second-order valence-corrected chi connectivity index (χ2v) is 10.7. The summed E-state index contributed by atoms with van der Waals surface area (Å²) in [6.45, 7) is 9.27. The number of amides is 2. The molecular formula is C26H37N7OS. The van der Waals surface area contributed by atoms with Crippen molar-refractivity contribution in [1.29, 1.82) is 0 Å². The van der Waals surface area contributed by atoms with E-state index >= 15 is 0 Å². The van der Waals surface area contributed by atoms with Crippen LogP contribution in [0.2, 0.25) is 0 Å². The van der Waals surface area contributed by atoms with Gasteiger partial charge < -0.3 is 20.4 Å². The fourth-order valence-electron chi connectivity index (χ4n) is 4.86. The molecular weight excluding hydrogens is 458 g/mol. The zero-order chi connectivity index (χ0) is 24.4. The lowest BCUT2D eigenvalue weighted by atomic mass is 10.1. The van der Waals surface area contributed by atoms with Gasteiger partial charge in [-0.1, -0.05) is 62.3 Å². The van der Waals surface area contributed by atoms with Gasteiger partial charge in [0, 0.05) is 43.8 Å². The molecule has 2 N–H and O–H groups in total. The van der Waals surface area contributed by atoms with Gasteiger partial charge >= 0.3 is 6.03 Å². The molecule has 1 saturated carbocycles. The van der Waals surface area contributed by atoms with Gasteiger partial charge in [-0.15, -0.1) is 5.10 Å². The molecule has 1 atom stereocenters. The van der Waals surface area contributed by atoms with Crippen molar-refractivity contribution in [3.05, 3.63) is 29.8 Å². The molecule has 1 aliphatic heterocycles. The van der Waals surface area contributed by atoms with Crippen LogP contribution in [0.5, 0.6) is 0 Å². The number of piperazine rings is 1. The van der Waals surface area contributed by atoms with Crippen molar-refractivity contribution in [3.63, 3.8) is 0 Å². The molecule has 0 radical (unpaired) electrons. The van der Waals surface area contributed by atoms with Gasteiger partial charge in [-0.3, -0.25) is 0 Å². The predicted octanol–water partition coefficient (Wildman–Crippen LogP) is 5.00. The fraction of sp³-hybridized carbons (Fsp3) is 0.577. The van der Waals surface area contributed by atoms with Crippen molar-refractivity contribution in [2.24, 2.45) is 0 Å². The Labute approximate surface area is 211 Å². The molecule has 1 saturated heterocycles. The van der Waals surface area contributed by atoms with Gasteiger partial charge in [-0.25, -0.2) is 9.78 Å². The average Bonchev–Trinajstić information content (AvgIpc) is 3.62. The number of aromatic nitrogens is 3. The van der Waals surface area contributed by atoms with E-state index in [4.69, 9.17) is 10.1 Å². The lowest BCUT2D eigenvalue weighted by molar-refractivity contribution is 0.190. The van der Waals surface area contributed by atoms with Crippen LogP contribution in [0, 0.1) is 0 Å². The number of imidazole rings is 1. The first-order valence-electron chi connectivity index (χ1n) is 13.1. The number of carbonyl (C=O) groups excluding carboxylic acids is 1. The van der Waals surface area contributed by atoms with Gasteiger partial charge in [0.15, 0.2) is 5.82 Å². The first-order valence-corrected chi connectivity index (χ1v) is 13.9. The minimum absolute atomic E-state index is 0.0368. The molecule has 188 valence electrons. The SMILES string of the molecule is CCc1ccc(-c2nc3sc(N4CCN(C(=O)N[C@@H](C)CC)CC4)nn3c2NC2CCCC2)cc1. The van der Waals surface area contributed by atoms with E-state index in [1.54, 1.807) is 11.3 Å². The summed E-state index contributed by atoms with van der Waals surface area (Å²) >= 11 is 1.63. The van der Waals surface area contributed by atoms with Crippen molar-refractivity contribution >= 4 is 33.3 Å². The first-order chi connectivity index (χ1) is 17.1. The summed E-state index contributed by atoms with van der Waals surface area (Å²) in [5.41, 5.74) is 3.44. The van der Waals surface area contributed by atoms with Crippen LogP contribution in [0.15, 0.2) is 24.3 Å². The number of hydrogen-bond donors (Lipinski definition) is 2. The second-order valence-electron chi connectivity index (χ2n) is 9.80. The van der Waals surface area contributed by atoms with Crippen molar-refractivity contribution < 1.29 is 4.79 Å². The molecule has 2 fully saturated rings. The maximum atomic E-state index is 12.5. The Balaban J connectivity index is 1.36. The van der Waals surface area contributed by atoms with E-state index < -0.39 is 0 Å². The molecule has 2 aliphatic rings. The molecule has 3 heterocycles. The third-order valence-electron chi connectivity index (χ3n) is 7.34. The van der Waals surface area contributed by atoms with Crippen LogP contribution in [-0.4, -0.2) is 63.8 Å². The number of hydrogen-bond acceptors (Lipinski definition) is 6. The highest BCUT2D eigenvalue weighted by molar-refractivity contribution is 7.20. The van der Waals surface area contributed by atoms with Gasteiger partial charge in [-0.05, 0) is 38.2 Å². The molecule has 3 aromatic rings. The van der Waals surface area contributed by atoms with Crippen LogP contribution in [0.3, 0.4) is 0 Å². The molecule has 2 aromatic heterocycles. The number of carbonyl (C=O) groups is 1. The topological polar surface area (TPSA) is 77.8 Å². The number of rotatable bonds is 7. The second kappa shape index (κ2) is 10.4. The van der Waals surface area contributed by atoms with Gasteiger partial charge in [0.2, 0.25) is 10.1 Å². The highest BCUT2D eigenvalue weighted by atomic mass is 32.1. The zero-order valence-corrected chi connectivity index (χ0v) is 21.9. The molecule has 0 unspecified atom stereocenters. The molecule has 2 amide bonds.